The van der Waals surface area contributed by atoms with E-state index < -0.39 is 12.0 Å². The van der Waals surface area contributed by atoms with Gasteiger partial charge in [0.2, 0.25) is 5.91 Å². The van der Waals surface area contributed by atoms with Crippen molar-refractivity contribution in [2.75, 3.05) is 20.7 Å². The molecule has 0 aliphatic rings. The third kappa shape index (κ3) is 4.81. The van der Waals surface area contributed by atoms with Crippen LogP contribution >= 0.6 is 0 Å². The van der Waals surface area contributed by atoms with Crippen LogP contribution in [0.5, 0.6) is 0 Å². The molecule has 14 heavy (non-hydrogen) atoms. The number of hydrogen-bond acceptors (Lipinski definition) is 4. The summed E-state index contributed by atoms with van der Waals surface area (Å²) in [4.78, 5) is 23.7. The van der Waals surface area contributed by atoms with E-state index in [9.17, 15) is 9.59 Å². The standard InChI is InChI=1S/C9H18N2O3/c1-4-14-9(13)7(10)5-6-8(12)11(2)3/h7H,4-6,10H2,1-3H3/t7-/m1/s1. The molecule has 1 amide bonds. The Balaban J connectivity index is 3.78. The van der Waals surface area contributed by atoms with Crippen LogP contribution in [0.4, 0.5) is 0 Å². The van der Waals surface area contributed by atoms with Crippen LogP contribution in [0.25, 0.3) is 0 Å². The van der Waals surface area contributed by atoms with E-state index in [2.05, 4.69) is 0 Å². The van der Waals surface area contributed by atoms with Crippen molar-refractivity contribution in [3.8, 4) is 0 Å². The van der Waals surface area contributed by atoms with Crippen molar-refractivity contribution in [1.29, 1.82) is 0 Å². The van der Waals surface area contributed by atoms with E-state index in [1.165, 1.54) is 4.90 Å². The molecule has 0 bridgehead atoms. The number of carbonyl (C=O) groups excluding carboxylic acids is 2. The normalized spacial score (nSPS) is 12.0. The Morgan fingerprint density at radius 1 is 1.43 bits per heavy atom. The fourth-order valence-corrected chi connectivity index (χ4v) is 0.870. The van der Waals surface area contributed by atoms with E-state index >= 15 is 0 Å². The van der Waals surface area contributed by atoms with Crippen LogP contribution in [0.3, 0.4) is 0 Å². The number of carbonyl (C=O) groups is 2. The van der Waals surface area contributed by atoms with Gasteiger partial charge in [0.1, 0.15) is 6.04 Å². The Labute approximate surface area is 84.2 Å². The Morgan fingerprint density at radius 2 is 2.00 bits per heavy atom. The Morgan fingerprint density at radius 3 is 2.43 bits per heavy atom. The maximum Gasteiger partial charge on any atom is 0.322 e. The van der Waals surface area contributed by atoms with E-state index in [1.54, 1.807) is 21.0 Å². The largest absolute Gasteiger partial charge is 0.465 e. The van der Waals surface area contributed by atoms with Crippen molar-refractivity contribution in [2.45, 2.75) is 25.8 Å². The van der Waals surface area contributed by atoms with Crippen molar-refractivity contribution in [3.63, 3.8) is 0 Å². The molecule has 0 saturated heterocycles. The monoisotopic (exact) mass is 202 g/mol. The van der Waals surface area contributed by atoms with Crippen LogP contribution < -0.4 is 5.73 Å². The molecular weight excluding hydrogens is 184 g/mol. The molecular formula is C9H18N2O3. The van der Waals surface area contributed by atoms with Gasteiger partial charge in [-0.15, -0.1) is 0 Å². The Hall–Kier alpha value is -1.10. The van der Waals surface area contributed by atoms with Crippen molar-refractivity contribution in [1.82, 2.24) is 4.90 Å². The van der Waals surface area contributed by atoms with Crippen LogP contribution in [-0.2, 0) is 14.3 Å². The smallest absolute Gasteiger partial charge is 0.322 e. The molecule has 5 heteroatoms. The summed E-state index contributed by atoms with van der Waals surface area (Å²) < 4.78 is 4.71. The van der Waals surface area contributed by atoms with Gasteiger partial charge in [0.05, 0.1) is 6.61 Å². The maximum absolute atomic E-state index is 11.1. The number of nitrogens with zero attached hydrogens (tertiary/aromatic N) is 1. The van der Waals surface area contributed by atoms with E-state index in [4.69, 9.17) is 10.5 Å². The predicted octanol–water partition coefficient (Wildman–Crippen LogP) is -0.255. The number of rotatable bonds is 5. The highest BCUT2D eigenvalue weighted by Gasteiger charge is 2.16. The van der Waals surface area contributed by atoms with Gasteiger partial charge in [0.15, 0.2) is 0 Å². The van der Waals surface area contributed by atoms with Crippen LogP contribution in [0.15, 0.2) is 0 Å². The molecule has 0 aromatic rings. The molecule has 0 fully saturated rings. The summed E-state index contributed by atoms with van der Waals surface area (Å²) in [6, 6.07) is -0.696. The number of esters is 1. The van der Waals surface area contributed by atoms with Crippen LogP contribution in [-0.4, -0.2) is 43.5 Å². The molecule has 0 radical (unpaired) electrons. The average molecular weight is 202 g/mol. The van der Waals surface area contributed by atoms with Gasteiger partial charge in [-0.25, -0.2) is 0 Å². The summed E-state index contributed by atoms with van der Waals surface area (Å²) >= 11 is 0. The van der Waals surface area contributed by atoms with Crippen LogP contribution in [0.1, 0.15) is 19.8 Å². The summed E-state index contributed by atoms with van der Waals surface area (Å²) in [6.45, 7) is 2.03. The molecule has 0 aromatic carbocycles. The second-order valence-corrected chi connectivity index (χ2v) is 3.19. The second kappa shape index (κ2) is 6.37. The molecule has 0 unspecified atom stereocenters. The first-order valence-corrected chi connectivity index (χ1v) is 4.61. The molecule has 0 spiro atoms. The predicted molar refractivity (Wildman–Crippen MR) is 52.5 cm³/mol. The topological polar surface area (TPSA) is 72.6 Å². The summed E-state index contributed by atoms with van der Waals surface area (Å²) in [6.07, 6.45) is 0.600. The highest BCUT2D eigenvalue weighted by molar-refractivity contribution is 5.78. The Kier molecular flexibility index (Phi) is 5.87. The molecule has 0 heterocycles. The van der Waals surface area contributed by atoms with Gasteiger partial charge in [-0.2, -0.15) is 0 Å². The average Bonchev–Trinajstić information content (AvgIpc) is 2.13. The van der Waals surface area contributed by atoms with E-state index in [1.807, 2.05) is 0 Å². The molecule has 0 rings (SSSR count). The highest BCUT2D eigenvalue weighted by atomic mass is 16.5. The zero-order valence-corrected chi connectivity index (χ0v) is 8.95. The van der Waals surface area contributed by atoms with Gasteiger partial charge in [0, 0.05) is 20.5 Å². The van der Waals surface area contributed by atoms with Crippen molar-refractivity contribution in [3.05, 3.63) is 0 Å². The fourth-order valence-electron chi connectivity index (χ4n) is 0.870. The minimum absolute atomic E-state index is 0.0373. The third-order valence-electron chi connectivity index (χ3n) is 1.76. The molecule has 1 atom stereocenters. The minimum atomic E-state index is -0.696. The van der Waals surface area contributed by atoms with E-state index in [0.29, 0.717) is 13.0 Å². The SMILES string of the molecule is CCOC(=O)[C@H](N)CCC(=O)N(C)C. The second-order valence-electron chi connectivity index (χ2n) is 3.19. The number of amides is 1. The lowest BCUT2D eigenvalue weighted by atomic mass is 10.1. The van der Waals surface area contributed by atoms with Crippen LogP contribution in [0.2, 0.25) is 0 Å². The summed E-state index contributed by atoms with van der Waals surface area (Å²) in [7, 11) is 3.33. The van der Waals surface area contributed by atoms with E-state index in [-0.39, 0.29) is 12.3 Å². The van der Waals surface area contributed by atoms with Gasteiger partial charge in [-0.05, 0) is 13.3 Å². The molecule has 5 nitrogen and oxygen atoms in total. The number of nitrogens with two attached hydrogens (primary N) is 1. The number of ether oxygens (including phenoxy) is 1. The van der Waals surface area contributed by atoms with Gasteiger partial charge in [0.25, 0.3) is 0 Å². The first-order valence-electron chi connectivity index (χ1n) is 4.61. The quantitative estimate of drug-likeness (QED) is 0.624. The van der Waals surface area contributed by atoms with E-state index in [0.717, 1.165) is 0 Å². The lowest BCUT2D eigenvalue weighted by Crippen LogP contribution is -2.34. The lowest BCUT2D eigenvalue weighted by molar-refractivity contribution is -0.145. The lowest BCUT2D eigenvalue weighted by Gasteiger charge is -2.12. The molecule has 82 valence electrons. The fraction of sp³-hybridized carbons (Fsp3) is 0.778. The summed E-state index contributed by atoms with van der Waals surface area (Å²) in [5, 5.41) is 0. The molecule has 2 N–H and O–H groups in total. The van der Waals surface area contributed by atoms with Crippen molar-refractivity contribution >= 4 is 11.9 Å². The molecule has 0 aliphatic carbocycles. The number of hydrogen-bond donors (Lipinski definition) is 1. The third-order valence-corrected chi connectivity index (χ3v) is 1.76. The van der Waals surface area contributed by atoms with Crippen LogP contribution in [0, 0.1) is 0 Å². The molecule has 0 aliphatic heterocycles. The maximum atomic E-state index is 11.1. The van der Waals surface area contributed by atoms with Gasteiger partial charge < -0.3 is 15.4 Å². The molecule has 0 saturated carbocycles. The van der Waals surface area contributed by atoms with Crippen molar-refractivity contribution in [2.24, 2.45) is 5.73 Å². The van der Waals surface area contributed by atoms with Gasteiger partial charge in [-0.1, -0.05) is 0 Å². The minimum Gasteiger partial charge on any atom is -0.465 e. The Bertz CT molecular complexity index is 204. The summed E-state index contributed by atoms with van der Waals surface area (Å²) in [5.74, 6) is -0.483. The zero-order valence-electron chi connectivity index (χ0n) is 8.95. The first-order chi connectivity index (χ1) is 6.49. The van der Waals surface area contributed by atoms with Crippen molar-refractivity contribution < 1.29 is 14.3 Å². The van der Waals surface area contributed by atoms with Gasteiger partial charge >= 0.3 is 5.97 Å². The molecule has 0 aromatic heterocycles. The first kappa shape index (κ1) is 12.9. The highest BCUT2D eigenvalue weighted by Crippen LogP contribution is 1.99. The van der Waals surface area contributed by atoms with Gasteiger partial charge in [-0.3, -0.25) is 9.59 Å². The zero-order chi connectivity index (χ0) is 11.1. The summed E-state index contributed by atoms with van der Waals surface area (Å²) in [5.41, 5.74) is 5.51.